The lowest BCUT2D eigenvalue weighted by Crippen LogP contribution is -1.98. The zero-order chi connectivity index (χ0) is 19.1. The number of aromatic carboxylic acids is 1. The highest BCUT2D eigenvalue weighted by Crippen LogP contribution is 2.29. The van der Waals surface area contributed by atoms with Crippen LogP contribution >= 0.6 is 0 Å². The number of hydrogen-bond acceptors (Lipinski definition) is 2. The molecule has 27 heavy (non-hydrogen) atoms. The third-order valence-corrected chi connectivity index (χ3v) is 4.35. The molecule has 0 unspecified atom stereocenters. The molecule has 4 nitrogen and oxygen atoms in total. The number of carbonyl (C=O) groups is 1. The maximum absolute atomic E-state index is 13.4. The Morgan fingerprint density at radius 2 is 1.44 bits per heavy atom. The fourth-order valence-corrected chi connectivity index (χ4v) is 3.15. The van der Waals surface area contributed by atoms with Gasteiger partial charge in [0.05, 0.1) is 11.1 Å². The molecule has 0 bridgehead atoms. The summed E-state index contributed by atoms with van der Waals surface area (Å²) >= 11 is 0. The van der Waals surface area contributed by atoms with Gasteiger partial charge in [-0.2, -0.15) is 0 Å². The fourth-order valence-electron chi connectivity index (χ4n) is 3.15. The zero-order valence-corrected chi connectivity index (χ0v) is 14.3. The maximum atomic E-state index is 13.4. The van der Waals surface area contributed by atoms with E-state index in [1.807, 2.05) is 6.07 Å². The van der Waals surface area contributed by atoms with Gasteiger partial charge in [-0.3, -0.25) is 0 Å². The Hall–Kier alpha value is -3.54. The van der Waals surface area contributed by atoms with E-state index in [4.69, 9.17) is 0 Å². The minimum atomic E-state index is -1.06. The summed E-state index contributed by atoms with van der Waals surface area (Å²) in [6.45, 7) is 1.76. The van der Waals surface area contributed by atoms with Crippen LogP contribution < -0.4 is 0 Å². The van der Waals surface area contributed by atoms with E-state index >= 15 is 0 Å². The van der Waals surface area contributed by atoms with Gasteiger partial charge in [-0.1, -0.05) is 24.3 Å². The molecule has 0 atom stereocenters. The molecular formula is C21H14F2N2O2. The van der Waals surface area contributed by atoms with Gasteiger partial charge in [0.25, 0.3) is 0 Å². The van der Waals surface area contributed by atoms with Crippen LogP contribution in [0.2, 0.25) is 0 Å². The van der Waals surface area contributed by atoms with Crippen molar-refractivity contribution in [3.63, 3.8) is 0 Å². The molecule has 4 aromatic rings. The molecule has 0 spiro atoms. The predicted molar refractivity (Wildman–Crippen MR) is 98.6 cm³/mol. The van der Waals surface area contributed by atoms with E-state index in [2.05, 4.69) is 9.97 Å². The first-order valence-electron chi connectivity index (χ1n) is 8.21. The van der Waals surface area contributed by atoms with E-state index in [0.717, 1.165) is 11.6 Å². The van der Waals surface area contributed by atoms with Crippen molar-refractivity contribution in [2.24, 2.45) is 0 Å². The summed E-state index contributed by atoms with van der Waals surface area (Å²) < 4.78 is 26.8. The lowest BCUT2D eigenvalue weighted by atomic mass is 9.98. The van der Waals surface area contributed by atoms with Gasteiger partial charge in [-0.15, -0.1) is 0 Å². The molecule has 0 fully saturated rings. The minimum Gasteiger partial charge on any atom is -0.478 e. The van der Waals surface area contributed by atoms with Crippen LogP contribution in [-0.4, -0.2) is 21.0 Å². The first kappa shape index (κ1) is 16.9. The van der Waals surface area contributed by atoms with Crippen molar-refractivity contribution in [1.82, 2.24) is 9.97 Å². The number of aromatic amines is 1. The Morgan fingerprint density at radius 3 is 2.00 bits per heavy atom. The fraction of sp³-hybridized carbons (Fsp3) is 0.0476. The summed E-state index contributed by atoms with van der Waals surface area (Å²) in [4.78, 5) is 18.9. The van der Waals surface area contributed by atoms with Crippen molar-refractivity contribution >= 4 is 17.0 Å². The molecule has 1 aromatic heterocycles. The summed E-state index contributed by atoms with van der Waals surface area (Å²) in [6, 6.07) is 13.8. The number of halogens is 2. The number of rotatable bonds is 3. The smallest absolute Gasteiger partial charge is 0.337 e. The van der Waals surface area contributed by atoms with E-state index in [9.17, 15) is 18.7 Å². The Kier molecular flexibility index (Phi) is 3.96. The molecule has 6 heteroatoms. The molecule has 4 rings (SSSR count). The second kappa shape index (κ2) is 6.32. The second-order valence-electron chi connectivity index (χ2n) is 6.28. The summed E-state index contributed by atoms with van der Waals surface area (Å²) in [7, 11) is 0. The number of aromatic nitrogens is 2. The number of imidazole rings is 1. The Bertz CT molecular complexity index is 1160. The molecule has 0 saturated heterocycles. The van der Waals surface area contributed by atoms with Crippen LogP contribution in [0.15, 0.2) is 54.6 Å². The number of carboxylic acid groups (broad SMARTS) is 1. The molecule has 0 aliphatic heterocycles. The Labute approximate surface area is 153 Å². The molecule has 0 amide bonds. The van der Waals surface area contributed by atoms with Crippen LogP contribution in [0, 0.1) is 18.6 Å². The van der Waals surface area contributed by atoms with Crippen LogP contribution in [-0.2, 0) is 0 Å². The number of nitrogens with one attached hydrogen (secondary N) is 1. The van der Waals surface area contributed by atoms with E-state index in [1.165, 1.54) is 12.1 Å². The van der Waals surface area contributed by atoms with E-state index in [1.54, 1.807) is 37.3 Å². The molecule has 0 saturated carbocycles. The molecule has 3 aromatic carbocycles. The number of benzene rings is 3. The second-order valence-corrected chi connectivity index (χ2v) is 6.28. The molecular weight excluding hydrogens is 350 g/mol. The summed E-state index contributed by atoms with van der Waals surface area (Å²) in [5, 5.41) is 9.48. The molecule has 0 aliphatic rings. The predicted octanol–water partition coefficient (Wildman–Crippen LogP) is 5.18. The first-order valence-corrected chi connectivity index (χ1v) is 8.21. The van der Waals surface area contributed by atoms with Crippen LogP contribution in [0.4, 0.5) is 8.78 Å². The van der Waals surface area contributed by atoms with Gasteiger partial charge in [-0.25, -0.2) is 18.6 Å². The van der Waals surface area contributed by atoms with Gasteiger partial charge in [0.15, 0.2) is 0 Å². The third-order valence-electron chi connectivity index (χ3n) is 4.35. The minimum absolute atomic E-state index is 0.114. The summed E-state index contributed by atoms with van der Waals surface area (Å²) in [6.07, 6.45) is 0. The summed E-state index contributed by atoms with van der Waals surface area (Å²) in [5.74, 6) is -1.70. The largest absolute Gasteiger partial charge is 0.478 e. The van der Waals surface area contributed by atoms with E-state index < -0.39 is 17.6 Å². The molecule has 1 heterocycles. The normalized spacial score (nSPS) is 11.1. The highest BCUT2D eigenvalue weighted by Gasteiger charge is 2.15. The van der Waals surface area contributed by atoms with Crippen LogP contribution in [0.5, 0.6) is 0 Å². The van der Waals surface area contributed by atoms with Crippen molar-refractivity contribution in [2.75, 3.05) is 0 Å². The average Bonchev–Trinajstić information content (AvgIpc) is 3.00. The Morgan fingerprint density at radius 1 is 0.889 bits per heavy atom. The van der Waals surface area contributed by atoms with E-state index in [0.29, 0.717) is 33.5 Å². The number of H-pyrrole nitrogens is 1. The van der Waals surface area contributed by atoms with Gasteiger partial charge < -0.3 is 10.1 Å². The van der Waals surface area contributed by atoms with Crippen molar-refractivity contribution in [2.45, 2.75) is 6.92 Å². The SMILES string of the molecule is Cc1nc2c(C(=O)O)cc(-c3ccc(-c4cc(F)cc(F)c4)cc3)cc2[nH]1. The van der Waals surface area contributed by atoms with Gasteiger partial charge in [-0.05, 0) is 53.4 Å². The third kappa shape index (κ3) is 3.17. The van der Waals surface area contributed by atoms with Crippen molar-refractivity contribution in [1.29, 1.82) is 0 Å². The number of hydrogen-bond donors (Lipinski definition) is 2. The van der Waals surface area contributed by atoms with Gasteiger partial charge in [0, 0.05) is 6.07 Å². The highest BCUT2D eigenvalue weighted by molar-refractivity contribution is 6.03. The topological polar surface area (TPSA) is 66.0 Å². The van der Waals surface area contributed by atoms with Crippen molar-refractivity contribution in [3.8, 4) is 22.3 Å². The van der Waals surface area contributed by atoms with Gasteiger partial charge in [0.2, 0.25) is 0 Å². The Balaban J connectivity index is 1.79. The first-order chi connectivity index (χ1) is 12.9. The van der Waals surface area contributed by atoms with Crippen LogP contribution in [0.3, 0.4) is 0 Å². The van der Waals surface area contributed by atoms with Crippen LogP contribution in [0.25, 0.3) is 33.3 Å². The van der Waals surface area contributed by atoms with Crippen molar-refractivity contribution < 1.29 is 18.7 Å². The van der Waals surface area contributed by atoms with Crippen LogP contribution in [0.1, 0.15) is 16.2 Å². The zero-order valence-electron chi connectivity index (χ0n) is 14.3. The number of aryl methyl sites for hydroxylation is 1. The summed E-state index contributed by atoms with van der Waals surface area (Å²) in [5.41, 5.74) is 3.75. The lowest BCUT2D eigenvalue weighted by molar-refractivity contribution is 0.0699. The number of fused-ring (bicyclic) bond motifs is 1. The maximum Gasteiger partial charge on any atom is 0.337 e. The van der Waals surface area contributed by atoms with Crippen molar-refractivity contribution in [3.05, 3.63) is 77.6 Å². The quantitative estimate of drug-likeness (QED) is 0.526. The highest BCUT2D eigenvalue weighted by atomic mass is 19.1. The average molecular weight is 364 g/mol. The van der Waals surface area contributed by atoms with E-state index in [-0.39, 0.29) is 5.56 Å². The number of nitrogens with zero attached hydrogens (tertiary/aromatic N) is 1. The standard InChI is InChI=1S/C21H14F2N2O2/c1-11-24-19-9-15(8-18(21(26)27)20(19)25-11)13-4-2-12(3-5-13)14-6-16(22)10-17(23)7-14/h2-10H,1H3,(H,24,25)(H,26,27). The monoisotopic (exact) mass is 364 g/mol. The molecule has 134 valence electrons. The number of carboxylic acids is 1. The van der Waals surface area contributed by atoms with Gasteiger partial charge >= 0.3 is 5.97 Å². The molecule has 2 N–H and O–H groups in total. The molecule has 0 aliphatic carbocycles. The molecule has 0 radical (unpaired) electrons. The lowest BCUT2D eigenvalue weighted by Gasteiger charge is -2.07. The van der Waals surface area contributed by atoms with Gasteiger partial charge in [0.1, 0.15) is 23.0 Å².